The molecule has 26 heavy (non-hydrogen) atoms. The minimum absolute atomic E-state index is 0.0261. The first-order valence-corrected chi connectivity index (χ1v) is 12.2. The van der Waals surface area contributed by atoms with Crippen LogP contribution in [0.25, 0.3) is 5.69 Å². The van der Waals surface area contributed by atoms with E-state index in [0.717, 1.165) is 12.1 Å². The third-order valence-electron chi connectivity index (χ3n) is 3.35. The molecule has 0 radical (unpaired) electrons. The summed E-state index contributed by atoms with van der Waals surface area (Å²) in [5, 5.41) is 8.86. The summed E-state index contributed by atoms with van der Waals surface area (Å²) in [4.78, 5) is 0.0598. The second kappa shape index (κ2) is 8.13. The molecular weight excluding hydrogens is 573 g/mol. The van der Waals surface area contributed by atoms with Crippen molar-refractivity contribution in [2.45, 2.75) is 15.5 Å². The van der Waals surface area contributed by atoms with Crippen molar-refractivity contribution in [1.82, 2.24) is 4.57 Å². The van der Waals surface area contributed by atoms with Crippen LogP contribution in [0.5, 0.6) is 0 Å². The van der Waals surface area contributed by atoms with Gasteiger partial charge in [-0.15, -0.1) is 0 Å². The molecule has 0 saturated heterocycles. The topological polar surface area (TPSA) is 28.7 Å². The minimum atomic E-state index is -4.63. The average molecular weight is 580 g/mol. The molecule has 0 bridgehead atoms. The van der Waals surface area contributed by atoms with E-state index in [1.807, 2.05) is 28.7 Å². The van der Waals surface area contributed by atoms with Crippen molar-refractivity contribution in [3.05, 3.63) is 45.2 Å². The number of rotatable bonds is 4. The summed E-state index contributed by atoms with van der Waals surface area (Å²) in [6, 6.07) is 2.27. The smallest absolute Gasteiger partial charge is 0.315 e. The van der Waals surface area contributed by atoms with Gasteiger partial charge in [-0.1, -0.05) is 45.8 Å². The van der Waals surface area contributed by atoms with Crippen molar-refractivity contribution in [1.29, 1.82) is 5.26 Å². The highest BCUT2D eigenvalue weighted by atomic mass is 127. The zero-order valence-electron chi connectivity index (χ0n) is 12.4. The first-order chi connectivity index (χ1) is 12.0. The Labute approximate surface area is 180 Å². The van der Waals surface area contributed by atoms with Gasteiger partial charge in [0, 0.05) is 10.6 Å². The van der Waals surface area contributed by atoms with Gasteiger partial charge in [0.05, 0.1) is 37.4 Å². The number of hydrogen-bond acceptors (Lipinski definition) is 1. The summed E-state index contributed by atoms with van der Waals surface area (Å²) in [7, 11) is 9.08. The maximum atomic E-state index is 13.2. The molecule has 0 amide bonds. The first kappa shape index (κ1) is 22.2. The molecule has 2 nitrogen and oxygen atoms in total. The summed E-state index contributed by atoms with van der Waals surface area (Å²) in [5.74, 6) is 0. The Morgan fingerprint density at radius 1 is 1.19 bits per heavy atom. The number of halogens is 9. The van der Waals surface area contributed by atoms with E-state index in [1.54, 1.807) is 0 Å². The lowest BCUT2D eigenvalue weighted by Gasteiger charge is -2.19. The Bertz CT molecular complexity index is 869. The van der Waals surface area contributed by atoms with Crippen LogP contribution < -0.4 is 0 Å². The van der Waals surface area contributed by atoms with E-state index in [4.69, 9.17) is 44.6 Å². The summed E-state index contributed by atoms with van der Waals surface area (Å²) in [5.41, 5.74) is -0.598. The highest BCUT2D eigenvalue weighted by Gasteiger charge is 2.34. The normalized spacial score (nSPS) is 12.9. The third kappa shape index (κ3) is 4.18. The van der Waals surface area contributed by atoms with E-state index < -0.39 is 26.2 Å². The molecule has 1 aromatic carbocycles. The van der Waals surface area contributed by atoms with Crippen molar-refractivity contribution in [2.24, 2.45) is 0 Å². The van der Waals surface area contributed by atoms with Gasteiger partial charge in [-0.2, -0.15) is 18.4 Å². The second-order valence-electron chi connectivity index (χ2n) is 4.90. The van der Waals surface area contributed by atoms with Gasteiger partial charge in [-0.05, 0) is 42.0 Å². The average Bonchev–Trinajstić information content (AvgIpc) is 2.92. The fraction of sp³-hybridized carbons (Fsp3) is 0.214. The summed E-state index contributed by atoms with van der Waals surface area (Å²) < 4.78 is 53.6. The van der Waals surface area contributed by atoms with Gasteiger partial charge < -0.3 is 4.57 Å². The highest BCUT2D eigenvalue weighted by Crippen LogP contribution is 2.66. The molecular formula is C14H7Cl4F4IN2S. The van der Waals surface area contributed by atoms with Gasteiger partial charge in [0.15, 0.2) is 0 Å². The number of aromatic nitrogens is 1. The van der Waals surface area contributed by atoms with E-state index in [9.17, 15) is 22.8 Å². The molecule has 2 aromatic rings. The van der Waals surface area contributed by atoms with Gasteiger partial charge in [-0.25, -0.2) is 4.39 Å². The summed E-state index contributed by atoms with van der Waals surface area (Å²) in [6.07, 6.45) is -3.33. The molecule has 0 fully saturated rings. The molecule has 0 unspecified atom stereocenters. The van der Waals surface area contributed by atoms with Crippen LogP contribution in [-0.4, -0.2) is 10.6 Å². The number of nitriles is 1. The Balaban J connectivity index is 2.80. The molecule has 0 aliphatic rings. The van der Waals surface area contributed by atoms with Crippen LogP contribution in [0, 0.1) is 11.3 Å². The van der Waals surface area contributed by atoms with Gasteiger partial charge >= 0.3 is 6.18 Å². The predicted molar refractivity (Wildman–Crippen MR) is 107 cm³/mol. The lowest BCUT2D eigenvalue weighted by Crippen LogP contribution is -2.07. The number of nitrogens with zero attached hydrogens (tertiary/aromatic N) is 2. The number of alkyl halides is 5. The lowest BCUT2D eigenvalue weighted by atomic mass is 10.2. The summed E-state index contributed by atoms with van der Waals surface area (Å²) >= 11 is 14.0. The van der Waals surface area contributed by atoms with Crippen LogP contribution in [0.15, 0.2) is 23.2 Å². The number of hydrogen-bond donors (Lipinski definition) is 0. The molecule has 2 rings (SSSR count). The van der Waals surface area contributed by atoms with Crippen molar-refractivity contribution in [2.75, 3.05) is 6.01 Å². The van der Waals surface area contributed by atoms with Crippen LogP contribution in [0.3, 0.4) is 0 Å². The minimum Gasteiger partial charge on any atom is -0.315 e. The van der Waals surface area contributed by atoms with E-state index >= 15 is 0 Å². The standard InChI is InChI=1S/C14H7Cl4F4IN2S/c15-9-1-7(14(20,21)22)2-10(16)13(9)25-5-12(26(17,18)6-19)8(4-24)11(25)3-23/h1-2,5H,3,6H2. The molecule has 12 heteroatoms. The highest BCUT2D eigenvalue weighted by molar-refractivity contribution is 14.1. The van der Waals surface area contributed by atoms with Gasteiger partial charge in [0.1, 0.15) is 12.1 Å². The molecule has 0 atom stereocenters. The molecule has 0 spiro atoms. The fourth-order valence-electron chi connectivity index (χ4n) is 2.22. The number of benzene rings is 1. The van der Waals surface area contributed by atoms with Crippen LogP contribution in [0.2, 0.25) is 10.0 Å². The largest absolute Gasteiger partial charge is 0.416 e. The Kier molecular flexibility index (Phi) is 6.96. The molecule has 1 aromatic heterocycles. The van der Waals surface area contributed by atoms with Gasteiger partial charge in [-0.3, -0.25) is 0 Å². The van der Waals surface area contributed by atoms with Crippen molar-refractivity contribution < 1.29 is 17.6 Å². The van der Waals surface area contributed by atoms with E-state index in [0.29, 0.717) is 5.69 Å². The Morgan fingerprint density at radius 2 is 1.73 bits per heavy atom. The quantitative estimate of drug-likeness (QED) is 0.205. The van der Waals surface area contributed by atoms with Crippen LogP contribution >= 0.6 is 75.6 Å². The third-order valence-corrected chi connectivity index (χ3v) is 7.37. The van der Waals surface area contributed by atoms with Crippen molar-refractivity contribution in [3.63, 3.8) is 0 Å². The van der Waals surface area contributed by atoms with E-state index in [1.165, 1.54) is 10.8 Å². The molecule has 1 heterocycles. The van der Waals surface area contributed by atoms with Crippen LogP contribution in [0.1, 0.15) is 16.8 Å². The second-order valence-corrected chi connectivity index (χ2v) is 11.9. The Morgan fingerprint density at radius 3 is 2.12 bits per heavy atom. The predicted octanol–water partition coefficient (Wildman–Crippen LogP) is 8.01. The monoisotopic (exact) mass is 578 g/mol. The van der Waals surface area contributed by atoms with E-state index in [-0.39, 0.29) is 30.6 Å². The fourth-order valence-corrected chi connectivity index (χ4v) is 5.18. The maximum absolute atomic E-state index is 13.2. The molecule has 0 aliphatic carbocycles. The zero-order valence-corrected chi connectivity index (χ0v) is 18.3. The first-order valence-electron chi connectivity index (χ1n) is 6.51. The molecule has 142 valence electrons. The maximum Gasteiger partial charge on any atom is 0.416 e. The van der Waals surface area contributed by atoms with Crippen LogP contribution in [-0.2, 0) is 10.6 Å². The molecule has 0 saturated carbocycles. The van der Waals surface area contributed by atoms with Crippen LogP contribution in [0.4, 0.5) is 17.6 Å². The molecule has 0 N–H and O–H groups in total. The summed E-state index contributed by atoms with van der Waals surface area (Å²) in [6.45, 7) is 0. The van der Waals surface area contributed by atoms with Crippen molar-refractivity contribution >= 4 is 75.6 Å². The van der Waals surface area contributed by atoms with Gasteiger partial charge in [0.2, 0.25) is 0 Å². The zero-order chi connectivity index (χ0) is 19.9. The van der Waals surface area contributed by atoms with Gasteiger partial charge in [0.25, 0.3) is 0 Å². The Hall–Kier alpha value is -0.0500. The molecule has 0 aliphatic heterocycles. The SMILES string of the molecule is N#Cc1c(S(Cl)(Cl)CF)cn(-c2c(Cl)cc(C(F)(F)F)cc2Cl)c1CI. The lowest BCUT2D eigenvalue weighted by molar-refractivity contribution is -0.137. The van der Waals surface area contributed by atoms with E-state index in [2.05, 4.69) is 0 Å². The van der Waals surface area contributed by atoms with Crippen molar-refractivity contribution in [3.8, 4) is 11.8 Å².